The van der Waals surface area contributed by atoms with Crippen LogP contribution in [0.25, 0.3) is 0 Å². The molecule has 0 aliphatic rings. The standard InChI is InChI=1S/C11H9F2N3O2S/c12-7-1-2-11(10(14)4-7)16-19(17,18)9-3-8(13)5-15-6-9/h1-6,16H,14H2. The first-order valence-electron chi connectivity index (χ1n) is 5.07. The summed E-state index contributed by atoms with van der Waals surface area (Å²) in [6.45, 7) is 0. The van der Waals surface area contributed by atoms with Crippen molar-refractivity contribution in [2.45, 2.75) is 4.90 Å². The lowest BCUT2D eigenvalue weighted by molar-refractivity contribution is 0.592. The Bertz CT molecular complexity index is 720. The van der Waals surface area contributed by atoms with Gasteiger partial charge in [-0.3, -0.25) is 9.71 Å². The van der Waals surface area contributed by atoms with Crippen molar-refractivity contribution in [1.29, 1.82) is 0 Å². The molecule has 0 aliphatic heterocycles. The average Bonchev–Trinajstić information content (AvgIpc) is 2.33. The van der Waals surface area contributed by atoms with Gasteiger partial charge in [0.15, 0.2) is 0 Å². The number of sulfonamides is 1. The van der Waals surface area contributed by atoms with Crippen LogP contribution in [0.4, 0.5) is 20.2 Å². The zero-order valence-corrected chi connectivity index (χ0v) is 10.3. The van der Waals surface area contributed by atoms with E-state index < -0.39 is 21.7 Å². The third kappa shape index (κ3) is 2.97. The molecule has 0 saturated carbocycles. The van der Waals surface area contributed by atoms with Gasteiger partial charge in [-0.25, -0.2) is 17.2 Å². The summed E-state index contributed by atoms with van der Waals surface area (Å²) in [6.07, 6.45) is 1.87. The van der Waals surface area contributed by atoms with E-state index in [1.807, 2.05) is 0 Å². The molecule has 0 unspecified atom stereocenters. The zero-order valence-electron chi connectivity index (χ0n) is 9.47. The van der Waals surface area contributed by atoms with Gasteiger partial charge in [-0.05, 0) is 24.3 Å². The van der Waals surface area contributed by atoms with Crippen molar-refractivity contribution in [3.05, 3.63) is 48.3 Å². The number of hydrogen-bond donors (Lipinski definition) is 2. The van der Waals surface area contributed by atoms with Crippen LogP contribution in [0, 0.1) is 11.6 Å². The van der Waals surface area contributed by atoms with Gasteiger partial charge < -0.3 is 5.73 Å². The molecular formula is C11H9F2N3O2S. The summed E-state index contributed by atoms with van der Waals surface area (Å²) in [7, 11) is -4.03. The Kier molecular flexibility index (Phi) is 3.34. The second-order valence-electron chi connectivity index (χ2n) is 3.68. The van der Waals surface area contributed by atoms with Crippen LogP contribution in [0.15, 0.2) is 41.6 Å². The number of nitrogens with one attached hydrogen (secondary N) is 1. The number of nitrogens with two attached hydrogens (primary N) is 1. The number of anilines is 2. The highest BCUT2D eigenvalue weighted by Crippen LogP contribution is 2.22. The molecule has 2 aromatic rings. The molecule has 19 heavy (non-hydrogen) atoms. The van der Waals surface area contributed by atoms with Crippen LogP contribution in [-0.4, -0.2) is 13.4 Å². The number of halogens is 2. The van der Waals surface area contributed by atoms with E-state index in [2.05, 4.69) is 9.71 Å². The van der Waals surface area contributed by atoms with Crippen LogP contribution in [0.1, 0.15) is 0 Å². The molecule has 3 N–H and O–H groups in total. The van der Waals surface area contributed by atoms with Gasteiger partial charge in [-0.2, -0.15) is 0 Å². The Morgan fingerprint density at radius 2 is 1.84 bits per heavy atom. The van der Waals surface area contributed by atoms with Crippen LogP contribution >= 0.6 is 0 Å². The van der Waals surface area contributed by atoms with Crippen molar-refractivity contribution in [2.75, 3.05) is 10.5 Å². The van der Waals surface area contributed by atoms with E-state index in [0.29, 0.717) is 0 Å². The molecule has 8 heteroatoms. The fourth-order valence-corrected chi connectivity index (χ4v) is 2.43. The number of aromatic nitrogens is 1. The molecule has 1 aromatic carbocycles. The van der Waals surface area contributed by atoms with E-state index in [-0.39, 0.29) is 16.3 Å². The van der Waals surface area contributed by atoms with Gasteiger partial charge in [-0.15, -0.1) is 0 Å². The maximum Gasteiger partial charge on any atom is 0.263 e. The predicted octanol–water partition coefficient (Wildman–Crippen LogP) is 1.74. The average molecular weight is 285 g/mol. The Hall–Kier alpha value is -2.22. The lowest BCUT2D eigenvalue weighted by atomic mass is 10.3. The molecule has 1 heterocycles. The molecule has 2 rings (SSSR count). The summed E-state index contributed by atoms with van der Waals surface area (Å²) in [5.41, 5.74) is 5.41. The second-order valence-corrected chi connectivity index (χ2v) is 5.36. The Labute approximate surface area is 108 Å². The highest BCUT2D eigenvalue weighted by Gasteiger charge is 2.16. The SMILES string of the molecule is Nc1cc(F)ccc1NS(=O)(=O)c1cncc(F)c1. The quantitative estimate of drug-likeness (QED) is 0.841. The van der Waals surface area contributed by atoms with Crippen molar-refractivity contribution < 1.29 is 17.2 Å². The third-order valence-electron chi connectivity index (χ3n) is 2.25. The number of rotatable bonds is 3. The smallest absolute Gasteiger partial charge is 0.263 e. The van der Waals surface area contributed by atoms with Crippen molar-refractivity contribution in [2.24, 2.45) is 0 Å². The van der Waals surface area contributed by atoms with Gasteiger partial charge in [0.25, 0.3) is 10.0 Å². The summed E-state index contributed by atoms with van der Waals surface area (Å²) in [4.78, 5) is 3.09. The lowest BCUT2D eigenvalue weighted by Gasteiger charge is -2.10. The van der Waals surface area contributed by atoms with E-state index in [1.54, 1.807) is 0 Å². The Balaban J connectivity index is 2.36. The molecule has 0 atom stereocenters. The monoisotopic (exact) mass is 285 g/mol. The van der Waals surface area contributed by atoms with Gasteiger partial charge in [0.2, 0.25) is 0 Å². The van der Waals surface area contributed by atoms with Gasteiger partial charge >= 0.3 is 0 Å². The summed E-state index contributed by atoms with van der Waals surface area (Å²) in [6, 6.07) is 4.02. The molecule has 100 valence electrons. The molecule has 5 nitrogen and oxygen atoms in total. The third-order valence-corrected chi connectivity index (χ3v) is 3.58. The molecule has 0 saturated heterocycles. The first-order valence-corrected chi connectivity index (χ1v) is 6.55. The van der Waals surface area contributed by atoms with Crippen LogP contribution in [-0.2, 0) is 10.0 Å². The van der Waals surface area contributed by atoms with Gasteiger partial charge in [-0.1, -0.05) is 0 Å². The Morgan fingerprint density at radius 1 is 1.11 bits per heavy atom. The minimum atomic E-state index is -4.03. The summed E-state index contributed by atoms with van der Waals surface area (Å²) in [5, 5.41) is 0. The molecule has 0 radical (unpaired) electrons. The molecule has 0 aliphatic carbocycles. The summed E-state index contributed by atoms with van der Waals surface area (Å²) >= 11 is 0. The maximum absolute atomic E-state index is 12.9. The second kappa shape index (κ2) is 4.81. The highest BCUT2D eigenvalue weighted by atomic mass is 32.2. The highest BCUT2D eigenvalue weighted by molar-refractivity contribution is 7.92. The normalized spacial score (nSPS) is 11.3. The fraction of sp³-hybridized carbons (Fsp3) is 0. The zero-order chi connectivity index (χ0) is 14.0. The maximum atomic E-state index is 12.9. The van der Waals surface area contributed by atoms with E-state index in [4.69, 9.17) is 5.73 Å². The molecule has 0 bridgehead atoms. The van der Waals surface area contributed by atoms with Crippen LogP contribution in [0.3, 0.4) is 0 Å². The largest absolute Gasteiger partial charge is 0.397 e. The van der Waals surface area contributed by atoms with Gasteiger partial charge in [0, 0.05) is 6.20 Å². The number of pyridine rings is 1. The van der Waals surface area contributed by atoms with Gasteiger partial charge in [0.05, 0.1) is 17.6 Å². The van der Waals surface area contributed by atoms with E-state index in [1.165, 1.54) is 6.07 Å². The minimum absolute atomic E-state index is 0.00524. The number of benzene rings is 1. The van der Waals surface area contributed by atoms with Crippen LogP contribution in [0.2, 0.25) is 0 Å². The van der Waals surface area contributed by atoms with E-state index >= 15 is 0 Å². The molecule has 0 amide bonds. The van der Waals surface area contributed by atoms with Crippen molar-refractivity contribution in [3.63, 3.8) is 0 Å². The predicted molar refractivity (Wildman–Crippen MR) is 65.8 cm³/mol. The van der Waals surface area contributed by atoms with Crippen molar-refractivity contribution in [1.82, 2.24) is 4.98 Å². The molecular weight excluding hydrogens is 276 g/mol. The van der Waals surface area contributed by atoms with E-state index in [9.17, 15) is 17.2 Å². The minimum Gasteiger partial charge on any atom is -0.397 e. The van der Waals surface area contributed by atoms with Gasteiger partial charge in [0.1, 0.15) is 16.5 Å². The van der Waals surface area contributed by atoms with Crippen LogP contribution in [0.5, 0.6) is 0 Å². The number of nitrogen functional groups attached to an aromatic ring is 1. The van der Waals surface area contributed by atoms with Crippen LogP contribution < -0.4 is 10.5 Å². The first kappa shape index (κ1) is 13.2. The summed E-state index contributed by atoms with van der Waals surface area (Å²) < 4.78 is 51.8. The summed E-state index contributed by atoms with van der Waals surface area (Å²) in [5.74, 6) is -1.37. The topological polar surface area (TPSA) is 85.1 Å². The van der Waals surface area contributed by atoms with Crippen molar-refractivity contribution >= 4 is 21.4 Å². The number of nitrogens with zero attached hydrogens (tertiary/aromatic N) is 1. The Morgan fingerprint density at radius 3 is 2.47 bits per heavy atom. The molecule has 0 fully saturated rings. The lowest BCUT2D eigenvalue weighted by Crippen LogP contribution is -2.14. The van der Waals surface area contributed by atoms with Crippen molar-refractivity contribution in [3.8, 4) is 0 Å². The van der Waals surface area contributed by atoms with E-state index in [0.717, 1.165) is 30.6 Å². The fourth-order valence-electron chi connectivity index (χ4n) is 1.37. The first-order chi connectivity index (χ1) is 8.88. The molecule has 0 spiro atoms. The molecule has 1 aromatic heterocycles. The number of hydrogen-bond acceptors (Lipinski definition) is 4.